The third-order valence-electron chi connectivity index (χ3n) is 3.62. The van der Waals surface area contributed by atoms with Gasteiger partial charge in [0, 0.05) is 24.7 Å². The highest BCUT2D eigenvalue weighted by molar-refractivity contribution is 5.34. The molecule has 0 heterocycles. The number of nitrogens with zero attached hydrogens (tertiary/aromatic N) is 3. The predicted octanol–water partition coefficient (Wildman–Crippen LogP) is 2.86. The minimum Gasteiger partial charge on any atom is -0.283 e. The molecule has 1 aliphatic rings. The Kier molecular flexibility index (Phi) is 4.48. The van der Waals surface area contributed by atoms with Crippen molar-refractivity contribution in [2.45, 2.75) is 38.3 Å². The second-order valence-corrected chi connectivity index (χ2v) is 4.93. The van der Waals surface area contributed by atoms with Crippen molar-refractivity contribution in [1.82, 2.24) is 4.90 Å². The van der Waals surface area contributed by atoms with Gasteiger partial charge in [-0.05, 0) is 18.4 Å². The van der Waals surface area contributed by atoms with Gasteiger partial charge in [-0.1, -0.05) is 25.0 Å². The summed E-state index contributed by atoms with van der Waals surface area (Å²) in [6, 6.07) is 9.31. The third-order valence-corrected chi connectivity index (χ3v) is 3.62. The standard InChI is InChI=1S/C14H17N3O2/c15-8-9-16(13-5-1-2-6-13)11-12-4-3-7-14(10-12)17(18)19/h3-4,7,10,13H,1-2,5-6,9,11H2. The molecule has 0 radical (unpaired) electrons. The van der Waals surface area contributed by atoms with Crippen LogP contribution in [0.25, 0.3) is 0 Å². The highest BCUT2D eigenvalue weighted by atomic mass is 16.6. The molecule has 0 bridgehead atoms. The van der Waals surface area contributed by atoms with Gasteiger partial charge in [0.2, 0.25) is 0 Å². The molecule has 0 atom stereocenters. The second-order valence-electron chi connectivity index (χ2n) is 4.93. The molecule has 5 nitrogen and oxygen atoms in total. The molecule has 1 saturated carbocycles. The number of non-ortho nitro benzene ring substituents is 1. The zero-order valence-corrected chi connectivity index (χ0v) is 10.8. The summed E-state index contributed by atoms with van der Waals surface area (Å²) in [4.78, 5) is 12.5. The predicted molar refractivity (Wildman–Crippen MR) is 71.4 cm³/mol. The van der Waals surface area contributed by atoms with Crippen molar-refractivity contribution < 1.29 is 4.92 Å². The lowest BCUT2D eigenvalue weighted by Crippen LogP contribution is -2.33. The molecule has 0 unspecified atom stereocenters. The van der Waals surface area contributed by atoms with E-state index in [0.717, 1.165) is 18.4 Å². The first-order valence-electron chi connectivity index (χ1n) is 6.55. The van der Waals surface area contributed by atoms with E-state index in [2.05, 4.69) is 11.0 Å². The van der Waals surface area contributed by atoms with Gasteiger partial charge in [0.15, 0.2) is 0 Å². The Bertz CT molecular complexity index is 490. The molecule has 0 aliphatic heterocycles. The maximum absolute atomic E-state index is 10.8. The van der Waals surface area contributed by atoms with Crippen molar-refractivity contribution in [3.05, 3.63) is 39.9 Å². The van der Waals surface area contributed by atoms with Crippen molar-refractivity contribution in [3.63, 3.8) is 0 Å². The molecule has 1 fully saturated rings. The normalized spacial score (nSPS) is 15.6. The average molecular weight is 259 g/mol. The maximum Gasteiger partial charge on any atom is 0.269 e. The number of nitriles is 1. The van der Waals surface area contributed by atoms with E-state index in [0.29, 0.717) is 19.1 Å². The van der Waals surface area contributed by atoms with E-state index in [1.807, 2.05) is 6.07 Å². The SMILES string of the molecule is N#CCN(Cc1cccc([N+](=O)[O-])c1)C1CCCC1. The largest absolute Gasteiger partial charge is 0.283 e. The summed E-state index contributed by atoms with van der Waals surface area (Å²) in [6.07, 6.45) is 4.66. The Labute approximate surface area is 112 Å². The summed E-state index contributed by atoms with van der Waals surface area (Å²) in [5, 5.41) is 19.7. The van der Waals surface area contributed by atoms with Gasteiger partial charge in [0.25, 0.3) is 5.69 Å². The van der Waals surface area contributed by atoms with E-state index < -0.39 is 0 Å². The van der Waals surface area contributed by atoms with Crippen LogP contribution in [0.5, 0.6) is 0 Å². The van der Waals surface area contributed by atoms with Gasteiger partial charge in [-0.15, -0.1) is 0 Å². The van der Waals surface area contributed by atoms with Gasteiger partial charge in [-0.2, -0.15) is 5.26 Å². The number of nitro groups is 1. The van der Waals surface area contributed by atoms with Crippen LogP contribution in [0.15, 0.2) is 24.3 Å². The van der Waals surface area contributed by atoms with Gasteiger partial charge < -0.3 is 0 Å². The number of hydrogen-bond donors (Lipinski definition) is 0. The van der Waals surface area contributed by atoms with Crippen LogP contribution in [-0.2, 0) is 6.54 Å². The van der Waals surface area contributed by atoms with Crippen LogP contribution < -0.4 is 0 Å². The zero-order chi connectivity index (χ0) is 13.7. The van der Waals surface area contributed by atoms with Crippen LogP contribution in [0.4, 0.5) is 5.69 Å². The Balaban J connectivity index is 2.10. The van der Waals surface area contributed by atoms with Crippen LogP contribution in [0.1, 0.15) is 31.2 Å². The fourth-order valence-electron chi connectivity index (χ4n) is 2.68. The van der Waals surface area contributed by atoms with Gasteiger partial charge >= 0.3 is 0 Å². The Hall–Kier alpha value is -1.93. The molecule has 0 saturated heterocycles. The fraction of sp³-hybridized carbons (Fsp3) is 0.500. The van der Waals surface area contributed by atoms with E-state index in [9.17, 15) is 10.1 Å². The molecule has 1 aromatic rings. The Morgan fingerprint density at radius 3 is 2.79 bits per heavy atom. The van der Waals surface area contributed by atoms with E-state index in [1.165, 1.54) is 18.9 Å². The molecule has 100 valence electrons. The molecule has 1 aliphatic carbocycles. The molecule has 5 heteroatoms. The first-order valence-corrected chi connectivity index (χ1v) is 6.55. The van der Waals surface area contributed by atoms with E-state index in [-0.39, 0.29) is 10.6 Å². The summed E-state index contributed by atoms with van der Waals surface area (Å²) in [5.74, 6) is 0. The van der Waals surface area contributed by atoms with Crippen LogP contribution in [0.3, 0.4) is 0 Å². The molecular weight excluding hydrogens is 242 g/mol. The molecule has 0 amide bonds. The van der Waals surface area contributed by atoms with Gasteiger partial charge in [0.05, 0.1) is 17.5 Å². The summed E-state index contributed by atoms with van der Waals surface area (Å²) in [6.45, 7) is 0.993. The zero-order valence-electron chi connectivity index (χ0n) is 10.8. The number of nitro benzene ring substituents is 1. The molecule has 0 aromatic heterocycles. The molecule has 19 heavy (non-hydrogen) atoms. The van der Waals surface area contributed by atoms with Gasteiger partial charge in [-0.3, -0.25) is 15.0 Å². The first kappa shape index (κ1) is 13.5. The van der Waals surface area contributed by atoms with E-state index in [1.54, 1.807) is 12.1 Å². The number of benzene rings is 1. The lowest BCUT2D eigenvalue weighted by Gasteiger charge is -2.26. The second kappa shape index (κ2) is 6.30. The summed E-state index contributed by atoms with van der Waals surface area (Å²) in [5.41, 5.74) is 1.01. The molecule has 0 spiro atoms. The number of hydrogen-bond acceptors (Lipinski definition) is 4. The average Bonchev–Trinajstić information content (AvgIpc) is 2.92. The Morgan fingerprint density at radius 1 is 1.42 bits per heavy atom. The molecular formula is C14H17N3O2. The van der Waals surface area contributed by atoms with Crippen LogP contribution in [0.2, 0.25) is 0 Å². The minimum absolute atomic E-state index is 0.112. The summed E-state index contributed by atoms with van der Waals surface area (Å²) < 4.78 is 0. The van der Waals surface area contributed by atoms with Crippen LogP contribution in [0, 0.1) is 21.4 Å². The van der Waals surface area contributed by atoms with Gasteiger partial charge in [-0.25, -0.2) is 0 Å². The van der Waals surface area contributed by atoms with Crippen LogP contribution >= 0.6 is 0 Å². The van der Waals surface area contributed by atoms with Crippen molar-refractivity contribution >= 4 is 5.69 Å². The van der Waals surface area contributed by atoms with E-state index >= 15 is 0 Å². The Morgan fingerprint density at radius 2 is 2.16 bits per heavy atom. The highest BCUT2D eigenvalue weighted by Crippen LogP contribution is 2.25. The van der Waals surface area contributed by atoms with Crippen molar-refractivity contribution in [2.75, 3.05) is 6.54 Å². The first-order chi connectivity index (χ1) is 9.20. The summed E-state index contributed by atoms with van der Waals surface area (Å²) in [7, 11) is 0. The third kappa shape index (κ3) is 3.52. The van der Waals surface area contributed by atoms with Crippen molar-refractivity contribution in [2.24, 2.45) is 0 Å². The lowest BCUT2D eigenvalue weighted by molar-refractivity contribution is -0.384. The molecule has 2 rings (SSSR count). The maximum atomic E-state index is 10.8. The highest BCUT2D eigenvalue weighted by Gasteiger charge is 2.22. The lowest BCUT2D eigenvalue weighted by atomic mass is 10.1. The molecule has 0 N–H and O–H groups in total. The van der Waals surface area contributed by atoms with Crippen molar-refractivity contribution in [1.29, 1.82) is 5.26 Å². The summed E-state index contributed by atoms with van der Waals surface area (Å²) >= 11 is 0. The smallest absolute Gasteiger partial charge is 0.269 e. The quantitative estimate of drug-likeness (QED) is 0.463. The minimum atomic E-state index is -0.381. The van der Waals surface area contributed by atoms with E-state index in [4.69, 9.17) is 5.26 Å². The number of rotatable bonds is 5. The van der Waals surface area contributed by atoms with Crippen LogP contribution in [-0.4, -0.2) is 22.4 Å². The van der Waals surface area contributed by atoms with Gasteiger partial charge in [0.1, 0.15) is 0 Å². The van der Waals surface area contributed by atoms with Crippen molar-refractivity contribution in [3.8, 4) is 6.07 Å². The fourth-order valence-corrected chi connectivity index (χ4v) is 2.68. The topological polar surface area (TPSA) is 70.2 Å². The molecule has 1 aromatic carbocycles. The monoisotopic (exact) mass is 259 g/mol.